The van der Waals surface area contributed by atoms with E-state index in [2.05, 4.69) is 5.32 Å². The van der Waals surface area contributed by atoms with Crippen LogP contribution in [0.2, 0.25) is 5.02 Å². The highest BCUT2D eigenvalue weighted by molar-refractivity contribution is 6.31. The third-order valence-electron chi connectivity index (χ3n) is 3.94. The third-order valence-corrected chi connectivity index (χ3v) is 4.35. The monoisotopic (exact) mass is 296 g/mol. The molecule has 1 aromatic carbocycles. The molecule has 1 saturated carbocycles. The molecule has 0 saturated heterocycles. The summed E-state index contributed by atoms with van der Waals surface area (Å²) in [4.78, 5) is 11.9. The Balaban J connectivity index is 1.90. The molecule has 2 rings (SSSR count). The molecular formula is C15H21ClN2O2. The first kappa shape index (κ1) is 15.1. The van der Waals surface area contributed by atoms with Crippen LogP contribution < -0.4 is 11.1 Å². The van der Waals surface area contributed by atoms with Gasteiger partial charge in [0.05, 0.1) is 0 Å². The Morgan fingerprint density at radius 3 is 2.85 bits per heavy atom. The van der Waals surface area contributed by atoms with Crippen LogP contribution in [-0.4, -0.2) is 18.2 Å². The standard InChI is InChI=1S/C15H21ClN2O2/c1-9-6-7-11(8-13(9)16)18-15(19)20-10(2)12-4-3-5-14(12)17/h6-8,10,12,14H,3-5,17H2,1-2H3,(H,18,19). The Hall–Kier alpha value is -1.26. The van der Waals surface area contributed by atoms with Crippen molar-refractivity contribution in [2.75, 3.05) is 5.32 Å². The Kier molecular flexibility index (Phi) is 4.89. The fraction of sp³-hybridized carbons (Fsp3) is 0.533. The van der Waals surface area contributed by atoms with Crippen molar-refractivity contribution >= 4 is 23.4 Å². The first-order chi connectivity index (χ1) is 9.47. The van der Waals surface area contributed by atoms with Crippen LogP contribution >= 0.6 is 11.6 Å². The van der Waals surface area contributed by atoms with E-state index in [1.807, 2.05) is 19.9 Å². The van der Waals surface area contributed by atoms with Crippen molar-refractivity contribution in [1.29, 1.82) is 0 Å². The van der Waals surface area contributed by atoms with Crippen LogP contribution in [0.4, 0.5) is 10.5 Å². The van der Waals surface area contributed by atoms with Crippen molar-refractivity contribution in [3.8, 4) is 0 Å². The molecule has 20 heavy (non-hydrogen) atoms. The number of aryl methyl sites for hydroxylation is 1. The lowest BCUT2D eigenvalue weighted by atomic mass is 9.99. The zero-order valence-electron chi connectivity index (χ0n) is 11.9. The van der Waals surface area contributed by atoms with Gasteiger partial charge in [-0.15, -0.1) is 0 Å². The number of amides is 1. The predicted molar refractivity (Wildman–Crippen MR) is 81.1 cm³/mol. The van der Waals surface area contributed by atoms with Gasteiger partial charge in [-0.3, -0.25) is 5.32 Å². The average Bonchev–Trinajstić information content (AvgIpc) is 2.80. The van der Waals surface area contributed by atoms with Gasteiger partial charge in [-0.05, 0) is 44.4 Å². The van der Waals surface area contributed by atoms with Gasteiger partial charge in [0.15, 0.2) is 0 Å². The number of nitrogens with two attached hydrogens (primary N) is 1. The molecule has 3 unspecified atom stereocenters. The van der Waals surface area contributed by atoms with Crippen molar-refractivity contribution in [2.45, 2.75) is 45.3 Å². The van der Waals surface area contributed by atoms with E-state index < -0.39 is 6.09 Å². The van der Waals surface area contributed by atoms with Gasteiger partial charge in [0.25, 0.3) is 0 Å². The van der Waals surface area contributed by atoms with Crippen molar-refractivity contribution < 1.29 is 9.53 Å². The largest absolute Gasteiger partial charge is 0.446 e. The topological polar surface area (TPSA) is 64.3 Å². The lowest BCUT2D eigenvalue weighted by molar-refractivity contribution is 0.0804. The molecule has 1 amide bonds. The Morgan fingerprint density at radius 1 is 1.50 bits per heavy atom. The second-order valence-corrected chi connectivity index (χ2v) is 5.87. The van der Waals surface area contributed by atoms with E-state index in [1.54, 1.807) is 12.1 Å². The second kappa shape index (κ2) is 6.46. The predicted octanol–water partition coefficient (Wildman–Crippen LogP) is 3.71. The molecule has 1 fully saturated rings. The van der Waals surface area contributed by atoms with E-state index in [0.29, 0.717) is 10.7 Å². The van der Waals surface area contributed by atoms with Gasteiger partial charge >= 0.3 is 6.09 Å². The molecule has 1 aliphatic rings. The van der Waals surface area contributed by atoms with E-state index in [0.717, 1.165) is 24.8 Å². The summed E-state index contributed by atoms with van der Waals surface area (Å²) in [6, 6.07) is 5.50. The van der Waals surface area contributed by atoms with Crippen LogP contribution in [0.3, 0.4) is 0 Å². The smallest absolute Gasteiger partial charge is 0.411 e. The molecule has 3 atom stereocenters. The van der Waals surface area contributed by atoms with Crippen LogP contribution in [0.25, 0.3) is 0 Å². The van der Waals surface area contributed by atoms with E-state index >= 15 is 0 Å². The van der Waals surface area contributed by atoms with E-state index in [9.17, 15) is 4.79 Å². The number of nitrogens with one attached hydrogen (secondary N) is 1. The molecule has 1 aromatic rings. The SMILES string of the molecule is Cc1ccc(NC(=O)OC(C)C2CCCC2N)cc1Cl. The number of hydrogen-bond donors (Lipinski definition) is 2. The van der Waals surface area contributed by atoms with Gasteiger partial charge in [-0.1, -0.05) is 24.1 Å². The van der Waals surface area contributed by atoms with Gasteiger partial charge in [0, 0.05) is 22.7 Å². The van der Waals surface area contributed by atoms with Crippen LogP contribution in [-0.2, 0) is 4.74 Å². The highest BCUT2D eigenvalue weighted by Crippen LogP contribution is 2.28. The maximum absolute atomic E-state index is 11.9. The molecule has 4 nitrogen and oxygen atoms in total. The molecule has 3 N–H and O–H groups in total. The number of halogens is 1. The number of rotatable bonds is 3. The average molecular weight is 297 g/mol. The number of carbonyl (C=O) groups is 1. The molecule has 110 valence electrons. The Labute approximate surface area is 124 Å². The number of benzene rings is 1. The summed E-state index contributed by atoms with van der Waals surface area (Å²) < 4.78 is 5.41. The van der Waals surface area contributed by atoms with Gasteiger partial charge in [0.2, 0.25) is 0 Å². The summed E-state index contributed by atoms with van der Waals surface area (Å²) in [6.45, 7) is 3.81. The molecular weight excluding hydrogens is 276 g/mol. The molecule has 5 heteroatoms. The minimum atomic E-state index is -0.462. The Bertz CT molecular complexity index is 493. The van der Waals surface area contributed by atoms with Crippen molar-refractivity contribution in [3.63, 3.8) is 0 Å². The molecule has 0 radical (unpaired) electrons. The zero-order valence-corrected chi connectivity index (χ0v) is 12.6. The third kappa shape index (κ3) is 3.64. The van der Waals surface area contributed by atoms with Gasteiger partial charge in [0.1, 0.15) is 6.10 Å². The van der Waals surface area contributed by atoms with Crippen LogP contribution in [0.15, 0.2) is 18.2 Å². The maximum atomic E-state index is 11.9. The van der Waals surface area contributed by atoms with Crippen LogP contribution in [0.1, 0.15) is 31.7 Å². The van der Waals surface area contributed by atoms with Crippen LogP contribution in [0, 0.1) is 12.8 Å². The fourth-order valence-corrected chi connectivity index (χ4v) is 2.85. The summed E-state index contributed by atoms with van der Waals surface area (Å²) in [5.41, 5.74) is 7.62. The number of anilines is 1. The lowest BCUT2D eigenvalue weighted by Gasteiger charge is -2.23. The summed E-state index contributed by atoms with van der Waals surface area (Å²) in [7, 11) is 0. The molecule has 0 aromatic heterocycles. The van der Waals surface area contributed by atoms with Gasteiger partial charge in [-0.2, -0.15) is 0 Å². The Morgan fingerprint density at radius 2 is 2.25 bits per heavy atom. The van der Waals surface area contributed by atoms with Gasteiger partial charge in [-0.25, -0.2) is 4.79 Å². The number of ether oxygens (including phenoxy) is 1. The van der Waals surface area contributed by atoms with Crippen LogP contribution in [0.5, 0.6) is 0 Å². The molecule has 0 spiro atoms. The minimum Gasteiger partial charge on any atom is -0.446 e. The minimum absolute atomic E-state index is 0.131. The first-order valence-electron chi connectivity index (χ1n) is 6.96. The first-order valence-corrected chi connectivity index (χ1v) is 7.34. The highest BCUT2D eigenvalue weighted by atomic mass is 35.5. The molecule has 0 aliphatic heterocycles. The fourth-order valence-electron chi connectivity index (χ4n) is 2.67. The van der Waals surface area contributed by atoms with Crippen molar-refractivity contribution in [2.24, 2.45) is 11.7 Å². The zero-order chi connectivity index (χ0) is 14.7. The number of hydrogen-bond acceptors (Lipinski definition) is 3. The van der Waals surface area contributed by atoms with E-state index in [4.69, 9.17) is 22.1 Å². The second-order valence-electron chi connectivity index (χ2n) is 5.46. The maximum Gasteiger partial charge on any atom is 0.411 e. The molecule has 1 aliphatic carbocycles. The lowest BCUT2D eigenvalue weighted by Crippen LogP contribution is -2.35. The normalized spacial score (nSPS) is 23.4. The van der Waals surface area contributed by atoms with Gasteiger partial charge < -0.3 is 10.5 Å². The highest BCUT2D eigenvalue weighted by Gasteiger charge is 2.31. The summed E-state index contributed by atoms with van der Waals surface area (Å²) in [6.07, 6.45) is 2.50. The summed E-state index contributed by atoms with van der Waals surface area (Å²) >= 11 is 6.02. The van der Waals surface area contributed by atoms with E-state index in [1.165, 1.54) is 0 Å². The quantitative estimate of drug-likeness (QED) is 0.893. The van der Waals surface area contributed by atoms with Crippen molar-refractivity contribution in [1.82, 2.24) is 0 Å². The summed E-state index contributed by atoms with van der Waals surface area (Å²) in [5.74, 6) is 0.252. The molecule has 0 heterocycles. The van der Waals surface area contributed by atoms with Crippen molar-refractivity contribution in [3.05, 3.63) is 28.8 Å². The number of carbonyl (C=O) groups excluding carboxylic acids is 1. The molecule has 0 bridgehead atoms. The van der Waals surface area contributed by atoms with E-state index in [-0.39, 0.29) is 18.1 Å². The summed E-state index contributed by atoms with van der Waals surface area (Å²) in [5, 5.41) is 3.31.